The molecule has 1 saturated heterocycles. The number of hydrogen-bond donors (Lipinski definition) is 0. The largest absolute Gasteiger partial charge is 0.416 e. The van der Waals surface area contributed by atoms with Crippen molar-refractivity contribution in [3.8, 4) is 0 Å². The second-order valence-corrected chi connectivity index (χ2v) is 9.21. The predicted molar refractivity (Wildman–Crippen MR) is 103 cm³/mol. The fourth-order valence-electron chi connectivity index (χ4n) is 3.51. The first kappa shape index (κ1) is 21.8. The van der Waals surface area contributed by atoms with Crippen LogP contribution in [0.4, 0.5) is 13.2 Å². The summed E-state index contributed by atoms with van der Waals surface area (Å²) in [4.78, 5) is 2.08. The third-order valence-corrected chi connectivity index (χ3v) is 7.01. The maximum Gasteiger partial charge on any atom is 0.416 e. The highest BCUT2D eigenvalue weighted by atomic mass is 32.2. The Morgan fingerprint density at radius 1 is 1.00 bits per heavy atom. The summed E-state index contributed by atoms with van der Waals surface area (Å²) in [5.41, 5.74) is 1.19. The van der Waals surface area contributed by atoms with Gasteiger partial charge in [0, 0.05) is 31.9 Å². The fourth-order valence-corrected chi connectivity index (χ4v) is 4.98. The van der Waals surface area contributed by atoms with Crippen LogP contribution < -0.4 is 0 Å². The first-order valence-corrected chi connectivity index (χ1v) is 10.9. The van der Waals surface area contributed by atoms with Crippen molar-refractivity contribution in [1.82, 2.24) is 19.0 Å². The summed E-state index contributed by atoms with van der Waals surface area (Å²) in [6, 6.07) is 5.70. The first-order chi connectivity index (χ1) is 13.6. The lowest BCUT2D eigenvalue weighted by atomic mass is 10.2. The van der Waals surface area contributed by atoms with Crippen LogP contribution in [-0.2, 0) is 22.7 Å². The van der Waals surface area contributed by atoms with E-state index in [9.17, 15) is 21.6 Å². The van der Waals surface area contributed by atoms with Crippen molar-refractivity contribution in [2.24, 2.45) is 0 Å². The molecule has 1 fully saturated rings. The van der Waals surface area contributed by atoms with Crippen molar-refractivity contribution < 1.29 is 21.6 Å². The quantitative estimate of drug-likeness (QED) is 0.732. The molecular weight excluding hydrogens is 405 g/mol. The Labute approximate surface area is 169 Å². The van der Waals surface area contributed by atoms with E-state index in [-0.39, 0.29) is 4.90 Å². The summed E-state index contributed by atoms with van der Waals surface area (Å²) in [5, 5.41) is 4.44. The predicted octanol–water partition coefficient (Wildman–Crippen LogP) is 2.92. The number of hydrogen-bond acceptors (Lipinski definition) is 4. The maximum absolute atomic E-state index is 12.8. The van der Waals surface area contributed by atoms with E-state index in [1.54, 1.807) is 0 Å². The van der Waals surface area contributed by atoms with Gasteiger partial charge in [0.2, 0.25) is 10.0 Å². The van der Waals surface area contributed by atoms with Gasteiger partial charge in [-0.2, -0.15) is 22.6 Å². The Morgan fingerprint density at radius 3 is 2.28 bits per heavy atom. The minimum atomic E-state index is -4.49. The van der Waals surface area contributed by atoms with Crippen LogP contribution in [-0.4, -0.2) is 60.1 Å². The number of halogens is 3. The van der Waals surface area contributed by atoms with Crippen molar-refractivity contribution in [2.45, 2.75) is 37.9 Å². The highest BCUT2D eigenvalue weighted by Crippen LogP contribution is 2.30. The lowest BCUT2D eigenvalue weighted by Gasteiger charge is -2.22. The molecule has 0 bridgehead atoms. The molecule has 1 aromatic heterocycles. The number of nitrogens with zero attached hydrogens (tertiary/aromatic N) is 4. The van der Waals surface area contributed by atoms with Gasteiger partial charge in [0.05, 0.1) is 22.7 Å². The Balaban J connectivity index is 1.62. The molecule has 0 spiro atoms. The molecule has 0 N–H and O–H groups in total. The minimum Gasteiger partial charge on any atom is -0.300 e. The molecule has 0 radical (unpaired) electrons. The van der Waals surface area contributed by atoms with Crippen LogP contribution in [0, 0.1) is 13.8 Å². The third kappa shape index (κ3) is 5.18. The summed E-state index contributed by atoms with van der Waals surface area (Å²) >= 11 is 0. The van der Waals surface area contributed by atoms with Gasteiger partial charge in [-0.3, -0.25) is 4.68 Å². The molecule has 0 saturated carbocycles. The highest BCUT2D eigenvalue weighted by molar-refractivity contribution is 7.89. The van der Waals surface area contributed by atoms with Gasteiger partial charge in [0.25, 0.3) is 0 Å². The lowest BCUT2D eigenvalue weighted by Crippen LogP contribution is -2.36. The molecule has 3 rings (SSSR count). The van der Waals surface area contributed by atoms with E-state index in [0.717, 1.165) is 55.3 Å². The van der Waals surface area contributed by atoms with Gasteiger partial charge in [-0.05, 0) is 57.1 Å². The zero-order valence-corrected chi connectivity index (χ0v) is 17.3. The molecule has 2 aromatic rings. The topological polar surface area (TPSA) is 58.4 Å². The average Bonchev–Trinajstić information content (AvgIpc) is 2.84. The van der Waals surface area contributed by atoms with Crippen molar-refractivity contribution in [1.29, 1.82) is 0 Å². The lowest BCUT2D eigenvalue weighted by molar-refractivity contribution is -0.137. The summed E-state index contributed by atoms with van der Waals surface area (Å²) in [6.07, 6.45) is -3.83. The van der Waals surface area contributed by atoms with E-state index in [2.05, 4.69) is 10.00 Å². The first-order valence-electron chi connectivity index (χ1n) is 9.48. The van der Waals surface area contributed by atoms with Crippen molar-refractivity contribution in [3.63, 3.8) is 0 Å². The van der Waals surface area contributed by atoms with Gasteiger partial charge in [-0.25, -0.2) is 8.42 Å². The summed E-state index contributed by atoms with van der Waals surface area (Å²) < 4.78 is 67.1. The molecule has 1 aliphatic heterocycles. The molecular formula is C19H25F3N4O2S. The summed E-state index contributed by atoms with van der Waals surface area (Å²) in [5.74, 6) is 0. The van der Waals surface area contributed by atoms with Crippen LogP contribution in [0.2, 0.25) is 0 Å². The number of sulfonamides is 1. The smallest absolute Gasteiger partial charge is 0.300 e. The van der Waals surface area contributed by atoms with Gasteiger partial charge >= 0.3 is 6.18 Å². The molecule has 0 unspecified atom stereocenters. The zero-order chi connectivity index (χ0) is 21.2. The number of aromatic nitrogens is 2. The standard InChI is InChI=1S/C19H25F3N4O2S/c1-15-14-16(2)26(23-15)13-11-24-8-3-9-25(12-10-24)29(27,28)18-6-4-17(5-7-18)19(20,21)22/h4-7,14H,3,8-13H2,1-2H3. The molecule has 29 heavy (non-hydrogen) atoms. The van der Waals surface area contributed by atoms with Crippen LogP contribution >= 0.6 is 0 Å². The Morgan fingerprint density at radius 2 is 1.69 bits per heavy atom. The molecule has 2 heterocycles. The monoisotopic (exact) mass is 430 g/mol. The van der Waals surface area contributed by atoms with E-state index in [0.29, 0.717) is 26.1 Å². The van der Waals surface area contributed by atoms with E-state index in [1.807, 2.05) is 24.6 Å². The van der Waals surface area contributed by atoms with Gasteiger partial charge in [0.1, 0.15) is 0 Å². The van der Waals surface area contributed by atoms with Crippen molar-refractivity contribution in [2.75, 3.05) is 32.7 Å². The SMILES string of the molecule is Cc1cc(C)n(CCN2CCCN(S(=O)(=O)c3ccc(C(F)(F)F)cc3)CC2)n1. The number of alkyl halides is 3. The van der Waals surface area contributed by atoms with E-state index >= 15 is 0 Å². The summed E-state index contributed by atoms with van der Waals surface area (Å²) in [6.45, 7) is 7.42. The molecule has 1 aliphatic rings. The number of rotatable bonds is 5. The molecule has 1 aromatic carbocycles. The number of aryl methyl sites for hydroxylation is 2. The molecule has 0 aliphatic carbocycles. The Kier molecular flexibility index (Phi) is 6.35. The highest BCUT2D eigenvalue weighted by Gasteiger charge is 2.32. The molecule has 0 amide bonds. The maximum atomic E-state index is 12.8. The number of benzene rings is 1. The molecule has 160 valence electrons. The second-order valence-electron chi connectivity index (χ2n) is 7.27. The fraction of sp³-hybridized carbons (Fsp3) is 0.526. The Hall–Kier alpha value is -1.91. The van der Waals surface area contributed by atoms with E-state index < -0.39 is 21.8 Å². The van der Waals surface area contributed by atoms with E-state index in [1.165, 1.54) is 4.31 Å². The van der Waals surface area contributed by atoms with Crippen LogP contribution in [0.5, 0.6) is 0 Å². The average molecular weight is 430 g/mol. The van der Waals surface area contributed by atoms with Gasteiger partial charge in [0.15, 0.2) is 0 Å². The summed E-state index contributed by atoms with van der Waals surface area (Å²) in [7, 11) is -3.82. The zero-order valence-electron chi connectivity index (χ0n) is 16.5. The van der Waals surface area contributed by atoms with Crippen molar-refractivity contribution >= 4 is 10.0 Å². The minimum absolute atomic E-state index is 0.110. The van der Waals surface area contributed by atoms with Gasteiger partial charge in [-0.15, -0.1) is 0 Å². The second kappa shape index (κ2) is 8.45. The van der Waals surface area contributed by atoms with Crippen molar-refractivity contribution in [3.05, 3.63) is 47.3 Å². The normalized spacial score (nSPS) is 17.4. The van der Waals surface area contributed by atoms with Crippen LogP contribution in [0.3, 0.4) is 0 Å². The van der Waals surface area contributed by atoms with Crippen LogP contribution in [0.25, 0.3) is 0 Å². The van der Waals surface area contributed by atoms with Crippen LogP contribution in [0.15, 0.2) is 35.2 Å². The molecule has 6 nitrogen and oxygen atoms in total. The van der Waals surface area contributed by atoms with Crippen LogP contribution in [0.1, 0.15) is 23.4 Å². The molecule has 0 atom stereocenters. The van der Waals surface area contributed by atoms with E-state index in [4.69, 9.17) is 0 Å². The Bertz CT molecular complexity index is 939. The molecule has 10 heteroatoms. The van der Waals surface area contributed by atoms with Gasteiger partial charge < -0.3 is 4.90 Å². The van der Waals surface area contributed by atoms with Gasteiger partial charge in [-0.1, -0.05) is 0 Å². The third-order valence-electron chi connectivity index (χ3n) is 5.10.